The van der Waals surface area contributed by atoms with Gasteiger partial charge in [0.1, 0.15) is 0 Å². The fraction of sp³-hybridized carbons (Fsp3) is 0.778. The molecule has 4 nitrogen and oxygen atoms in total. The van der Waals surface area contributed by atoms with Crippen LogP contribution in [0, 0.1) is 12.5 Å². The van der Waals surface area contributed by atoms with Crippen molar-refractivity contribution in [3.8, 4) is 0 Å². The Bertz CT molecular complexity index is 172. The summed E-state index contributed by atoms with van der Waals surface area (Å²) in [5, 5.41) is 2.88. The summed E-state index contributed by atoms with van der Waals surface area (Å²) in [4.78, 5) is 13.5. The van der Waals surface area contributed by atoms with Gasteiger partial charge in [-0.2, -0.15) is 0 Å². The van der Waals surface area contributed by atoms with Crippen LogP contribution in [0.25, 0.3) is 0 Å². The van der Waals surface area contributed by atoms with Crippen molar-refractivity contribution in [1.82, 2.24) is 10.2 Å². The number of ether oxygens (including phenoxy) is 1. The molecule has 14 heavy (non-hydrogen) atoms. The molecule has 1 amide bonds. The van der Waals surface area contributed by atoms with E-state index in [0.717, 1.165) is 13.1 Å². The van der Waals surface area contributed by atoms with Gasteiger partial charge in [0.2, 0.25) is 0 Å². The van der Waals surface area contributed by atoms with Crippen molar-refractivity contribution in [1.29, 1.82) is 0 Å². The summed E-state index contributed by atoms with van der Waals surface area (Å²) in [6, 6.07) is 0. The maximum Gasteiger partial charge on any atom is 0.196 e. The third kappa shape index (κ3) is 3.03. The van der Waals surface area contributed by atoms with Crippen molar-refractivity contribution in [2.45, 2.75) is 6.92 Å². The molecule has 1 rings (SSSR count). The minimum atomic E-state index is -0.0527. The Morgan fingerprint density at radius 3 is 2.57 bits per heavy atom. The van der Waals surface area contributed by atoms with Crippen molar-refractivity contribution >= 4 is 5.91 Å². The monoisotopic (exact) mass is 447 g/mol. The predicted molar refractivity (Wildman–Crippen MR) is 49.9 cm³/mol. The van der Waals surface area contributed by atoms with E-state index in [0.29, 0.717) is 13.2 Å². The molecule has 0 aliphatic carbocycles. The van der Waals surface area contributed by atoms with Crippen molar-refractivity contribution in [3.63, 3.8) is 0 Å². The number of nitrogens with one attached hydrogen (secondary N) is 1. The number of carbonyl (C=O) groups is 1. The summed E-state index contributed by atoms with van der Waals surface area (Å²) in [5.41, 5.74) is 0. The van der Waals surface area contributed by atoms with Gasteiger partial charge in [0.05, 0.1) is 13.2 Å². The molecule has 1 aliphatic heterocycles. The molecule has 1 radical (unpaired) electrons. The molecule has 0 aromatic carbocycles. The molecule has 1 atom stereocenters. The molecule has 0 saturated carbocycles. The summed E-state index contributed by atoms with van der Waals surface area (Å²) >= 11 is 0. The Morgan fingerprint density at radius 1 is 1.50 bits per heavy atom. The first-order chi connectivity index (χ1) is 6.25. The molecular weight excluding hydrogens is 430 g/mol. The van der Waals surface area contributed by atoms with Crippen LogP contribution in [0.2, 0.25) is 0 Å². The fourth-order valence-corrected chi connectivity index (χ4v) is 1.39. The number of hydrogen-bond acceptors (Lipinski definition) is 3. The van der Waals surface area contributed by atoms with Crippen molar-refractivity contribution < 1.29 is 9.53 Å². The van der Waals surface area contributed by atoms with Crippen LogP contribution >= 0.6 is 0 Å². The second kappa shape index (κ2) is 5.94. The molecule has 1 aliphatic rings. The Kier molecular flexibility index (Phi) is 5.26. The largest absolute Gasteiger partial charge is 0.472 e. The van der Waals surface area contributed by atoms with Crippen LogP contribution in [0.3, 0.4) is 0 Å². The van der Waals surface area contributed by atoms with Crippen LogP contribution < -0.4 is 5.32 Å². The first kappa shape index (κ1) is 12.4. The van der Waals surface area contributed by atoms with Crippen LogP contribution in [-0.2, 0) is 9.53 Å². The van der Waals surface area contributed by atoms with Gasteiger partial charge in [0, 0.05) is 13.1 Å². The second-order valence-electron chi connectivity index (χ2n) is 3.18. The topological polar surface area (TPSA) is 41.6 Å². The van der Waals surface area contributed by atoms with Crippen molar-refractivity contribution in [3.05, 3.63) is 6.54 Å². The zero-order valence-electron chi connectivity index (χ0n) is 8.51. The molecule has 0 bridgehead atoms. The maximum atomic E-state index is 11.7. The van der Waals surface area contributed by atoms with Crippen LogP contribution in [-0.4, -0.2) is 44.2 Å². The zero-order chi connectivity index (χ0) is 9.68. The maximum absolute atomic E-state index is 11.7. The van der Waals surface area contributed by atoms with E-state index in [1.165, 1.54) is 0 Å². The molecule has 0 aromatic rings. The van der Waals surface area contributed by atoms with E-state index in [-0.39, 0.29) is 11.8 Å². The van der Waals surface area contributed by atoms with Gasteiger partial charge in [-0.25, -0.2) is 0 Å². The van der Waals surface area contributed by atoms with E-state index in [1.54, 1.807) is 6.54 Å². The van der Waals surface area contributed by atoms with E-state index in [1.807, 2.05) is 18.9 Å². The average Bonchev–Trinajstić information content (AvgIpc) is 2.18. The van der Waals surface area contributed by atoms with Gasteiger partial charge in [0.15, 0.2) is 5.91 Å². The smallest absolute Gasteiger partial charge is 0.196 e. The van der Waals surface area contributed by atoms with Gasteiger partial charge in [-0.05, 0) is 7.05 Å². The quantitative estimate of drug-likeness (QED) is 0.613. The summed E-state index contributed by atoms with van der Waals surface area (Å²) in [6.45, 7) is 6.48. The van der Waals surface area contributed by atoms with Gasteiger partial charge in [-0.1, -0.05) is 12.8 Å². The minimum Gasteiger partial charge on any atom is -0.472 e. The standard InChI is InChI=1S/C9H17N2O2.Lr/c1-8(7-10-2)9(12)11-3-5-13-6-4-11;/h7-8,10H,3-6H2,1-2H3;/q-1;/t8-;/m0./s1. The molecule has 0 aromatic heterocycles. The number of nitrogens with zero attached hydrogens (tertiary/aromatic N) is 1. The van der Waals surface area contributed by atoms with Crippen molar-refractivity contribution in [2.75, 3.05) is 33.4 Å². The van der Waals surface area contributed by atoms with Gasteiger partial charge < -0.3 is 15.0 Å². The molecular formula is C9H17LrN2O2-. The molecule has 1 N–H and O–H groups in total. The molecule has 1 fully saturated rings. The number of amides is 1. The number of hydrogen-bond donors (Lipinski definition) is 1. The van der Waals surface area contributed by atoms with Crippen molar-refractivity contribution in [2.24, 2.45) is 5.92 Å². The summed E-state index contributed by atoms with van der Waals surface area (Å²) in [7, 11) is 1.81. The van der Waals surface area contributed by atoms with E-state index in [4.69, 9.17) is 4.74 Å². The Morgan fingerprint density at radius 2 is 2.07 bits per heavy atom. The normalized spacial score (nSPS) is 18.6. The SMILES string of the molecule is CN[CH-][C@H](C)C(=O)N1CCOCC1.[Lr]. The van der Waals surface area contributed by atoms with E-state index in [2.05, 4.69) is 5.32 Å². The van der Waals surface area contributed by atoms with Gasteiger partial charge >= 0.3 is 0 Å². The fourth-order valence-electron chi connectivity index (χ4n) is 1.39. The number of carbonyl (C=O) groups excluding carboxylic acids is 1. The van der Waals surface area contributed by atoms with E-state index >= 15 is 0 Å². The minimum absolute atomic E-state index is 0. The third-order valence-corrected chi connectivity index (χ3v) is 2.13. The van der Waals surface area contributed by atoms with Crippen LogP contribution in [0.1, 0.15) is 6.92 Å². The van der Waals surface area contributed by atoms with Crippen LogP contribution in [0.4, 0.5) is 0 Å². The molecule has 5 heteroatoms. The Hall–Kier alpha value is -1.61. The van der Waals surface area contributed by atoms with Gasteiger partial charge in [-0.15, -0.1) is 0 Å². The average molecular weight is 447 g/mol. The second-order valence-corrected chi connectivity index (χ2v) is 3.18. The molecule has 0 unspecified atom stereocenters. The first-order valence-corrected chi connectivity index (χ1v) is 4.63. The van der Waals surface area contributed by atoms with Crippen LogP contribution in [0.5, 0.6) is 0 Å². The Balaban J connectivity index is 0.00000169. The third-order valence-electron chi connectivity index (χ3n) is 2.13. The molecule has 0 spiro atoms. The van der Waals surface area contributed by atoms with Gasteiger partial charge in [-0.3, -0.25) is 11.3 Å². The molecule has 1 heterocycles. The summed E-state index contributed by atoms with van der Waals surface area (Å²) in [5.74, 6) is 0.126. The molecule has 1 saturated heterocycles. The van der Waals surface area contributed by atoms with E-state index < -0.39 is 0 Å². The first-order valence-electron chi connectivity index (χ1n) is 4.63. The predicted octanol–water partition coefficient (Wildman–Crippen LogP) is -0.138. The van der Waals surface area contributed by atoms with Gasteiger partial charge in [0.25, 0.3) is 0 Å². The summed E-state index contributed by atoms with van der Waals surface area (Å²) in [6.07, 6.45) is 0. The number of rotatable bonds is 3. The van der Waals surface area contributed by atoms with E-state index in [9.17, 15) is 4.79 Å². The Labute approximate surface area is 79.2 Å². The number of morpholine rings is 1. The van der Waals surface area contributed by atoms with Crippen LogP contribution in [0.15, 0.2) is 0 Å². The summed E-state index contributed by atoms with van der Waals surface area (Å²) < 4.78 is 5.17. The zero-order valence-corrected chi connectivity index (χ0v) is 10.7. The molecule has 91 valence electrons.